The monoisotopic (exact) mass is 675 g/mol. The Morgan fingerprint density at radius 3 is 2.59 bits per heavy atom. The van der Waals surface area contributed by atoms with Crippen LogP contribution < -0.4 is 16.3 Å². The fourth-order valence-corrected chi connectivity index (χ4v) is 6.56. The zero-order valence-electron chi connectivity index (χ0n) is 27.6. The topological polar surface area (TPSA) is 154 Å². The van der Waals surface area contributed by atoms with E-state index in [0.29, 0.717) is 29.1 Å². The van der Waals surface area contributed by atoms with Crippen LogP contribution in [0.3, 0.4) is 0 Å². The number of rotatable bonds is 5. The molecule has 0 aliphatic carbocycles. The van der Waals surface area contributed by atoms with Crippen LogP contribution in [0.1, 0.15) is 40.6 Å². The van der Waals surface area contributed by atoms with Gasteiger partial charge in [0, 0.05) is 67.1 Å². The van der Waals surface area contributed by atoms with E-state index in [2.05, 4.69) is 32.4 Å². The number of nitrogens with one attached hydrogen (secondary N) is 2. The molecule has 12 nitrogen and oxygen atoms in total. The molecule has 0 bridgehead atoms. The molecule has 1 unspecified atom stereocenters. The third-order valence-corrected chi connectivity index (χ3v) is 9.23. The number of aromatic nitrogens is 5. The highest BCUT2D eigenvalue weighted by molar-refractivity contribution is 6.03. The van der Waals surface area contributed by atoms with Crippen molar-refractivity contribution in [2.75, 3.05) is 6.54 Å². The fraction of sp³-hybridized carbons (Fsp3) is 0.154. The van der Waals surface area contributed by atoms with Gasteiger partial charge in [-0.3, -0.25) is 38.8 Å². The Labute approximate surface area is 290 Å². The summed E-state index contributed by atoms with van der Waals surface area (Å²) >= 11 is 0. The Balaban J connectivity index is 0.947. The number of fused-ring (bicyclic) bond motifs is 3. The summed E-state index contributed by atoms with van der Waals surface area (Å²) in [6, 6.07) is 20.6. The Hall–Kier alpha value is -6.87. The quantitative estimate of drug-likeness (QED) is 0.198. The Morgan fingerprint density at radius 2 is 1.76 bits per heavy atom. The number of pyridine rings is 3. The van der Waals surface area contributed by atoms with E-state index < -0.39 is 5.92 Å². The standard InChI is InChI=1S/C39H29N7O5/c1-45-33-17-24(20-43-36(33)46(2)39(45)50)26-8-3-6-22-16-32(42-21-30(22)26)23-11-13-31(41-19-23)38(49)40-15-5-7-25-18-29-27(9-4-10-34(29)51-25)28-12-14-35(47)44-37(28)48/h3-4,6,8-11,13,16-21,28H,12,14-15H2,1-2H3,(H,40,49)(H,44,47,48). The van der Waals surface area contributed by atoms with Crippen LogP contribution in [0.15, 0.2) is 94.5 Å². The lowest BCUT2D eigenvalue weighted by molar-refractivity contribution is -0.134. The summed E-state index contributed by atoms with van der Waals surface area (Å²) in [7, 11) is 3.44. The lowest BCUT2D eigenvalue weighted by Gasteiger charge is -2.21. The van der Waals surface area contributed by atoms with Crippen molar-refractivity contribution in [3.63, 3.8) is 0 Å². The lowest BCUT2D eigenvalue weighted by atomic mass is 9.88. The van der Waals surface area contributed by atoms with Gasteiger partial charge in [0.05, 0.1) is 23.7 Å². The number of piperidine rings is 1. The van der Waals surface area contributed by atoms with Crippen molar-refractivity contribution in [3.8, 4) is 34.2 Å². The van der Waals surface area contributed by atoms with Crippen LogP contribution in [0.4, 0.5) is 0 Å². The molecule has 1 fully saturated rings. The minimum absolute atomic E-state index is 0.0664. The van der Waals surface area contributed by atoms with Crippen molar-refractivity contribution < 1.29 is 18.8 Å². The smallest absolute Gasteiger partial charge is 0.329 e. The number of hydrogen-bond donors (Lipinski definition) is 2. The zero-order chi connectivity index (χ0) is 35.2. The first kappa shape index (κ1) is 31.4. The van der Waals surface area contributed by atoms with Gasteiger partial charge in [0.1, 0.15) is 11.3 Å². The van der Waals surface area contributed by atoms with Gasteiger partial charge in [0.2, 0.25) is 11.8 Å². The molecule has 1 atom stereocenters. The van der Waals surface area contributed by atoms with E-state index >= 15 is 0 Å². The van der Waals surface area contributed by atoms with Gasteiger partial charge in [-0.2, -0.15) is 0 Å². The SMILES string of the molecule is Cn1c(=O)n(C)c2ncc(-c3cccc4cc(-c5ccc(C(=O)NCC#Cc6cc7c(C8CCC(=O)NC8=O)cccc7o6)nc5)ncc34)cc21. The second-order valence-corrected chi connectivity index (χ2v) is 12.4. The van der Waals surface area contributed by atoms with Gasteiger partial charge in [-0.1, -0.05) is 36.3 Å². The molecule has 1 aliphatic rings. The first-order valence-corrected chi connectivity index (χ1v) is 16.3. The molecule has 3 amide bonds. The Bertz CT molecular complexity index is 2690. The van der Waals surface area contributed by atoms with Crippen LogP contribution in [0.5, 0.6) is 0 Å². The normalized spacial score (nSPS) is 14.4. The maximum Gasteiger partial charge on any atom is 0.329 e. The molecule has 6 heterocycles. The van der Waals surface area contributed by atoms with E-state index in [1.165, 1.54) is 4.57 Å². The van der Waals surface area contributed by atoms with Gasteiger partial charge in [-0.25, -0.2) is 9.78 Å². The van der Waals surface area contributed by atoms with Crippen LogP contribution in [0.25, 0.3) is 55.3 Å². The molecule has 1 saturated heterocycles. The number of furan rings is 1. The molecule has 8 rings (SSSR count). The summed E-state index contributed by atoms with van der Waals surface area (Å²) in [5.41, 5.74) is 6.13. The van der Waals surface area contributed by atoms with Gasteiger partial charge in [0.25, 0.3) is 5.91 Å². The van der Waals surface area contributed by atoms with Crippen molar-refractivity contribution in [1.82, 2.24) is 34.7 Å². The van der Waals surface area contributed by atoms with Gasteiger partial charge < -0.3 is 9.73 Å². The van der Waals surface area contributed by atoms with E-state index in [9.17, 15) is 19.2 Å². The summed E-state index contributed by atoms with van der Waals surface area (Å²) in [6.45, 7) is 0.0664. The molecule has 0 saturated carbocycles. The predicted molar refractivity (Wildman–Crippen MR) is 190 cm³/mol. The maximum absolute atomic E-state index is 12.8. The highest BCUT2D eigenvalue weighted by atomic mass is 16.3. The largest absolute Gasteiger partial charge is 0.448 e. The highest BCUT2D eigenvalue weighted by Gasteiger charge is 2.29. The van der Waals surface area contributed by atoms with Crippen LogP contribution in [0.2, 0.25) is 0 Å². The molecule has 0 spiro atoms. The Morgan fingerprint density at radius 1 is 0.922 bits per heavy atom. The van der Waals surface area contributed by atoms with Gasteiger partial charge in [0.15, 0.2) is 11.4 Å². The Kier molecular flexibility index (Phi) is 7.72. The average Bonchev–Trinajstić information content (AvgIpc) is 3.67. The van der Waals surface area contributed by atoms with Crippen molar-refractivity contribution in [1.29, 1.82) is 0 Å². The number of aryl methyl sites for hydroxylation is 2. The number of nitrogens with zero attached hydrogens (tertiary/aromatic N) is 5. The molecule has 2 aromatic carbocycles. The molecule has 0 radical (unpaired) electrons. The van der Waals surface area contributed by atoms with Crippen molar-refractivity contribution >= 4 is 50.6 Å². The predicted octanol–water partition coefficient (Wildman–Crippen LogP) is 4.60. The highest BCUT2D eigenvalue weighted by Crippen LogP contribution is 2.33. The zero-order valence-corrected chi connectivity index (χ0v) is 27.6. The van der Waals surface area contributed by atoms with Crippen molar-refractivity contribution in [3.05, 3.63) is 113 Å². The van der Waals surface area contributed by atoms with E-state index in [1.807, 2.05) is 48.7 Å². The summed E-state index contributed by atoms with van der Waals surface area (Å²) in [5.74, 6) is 4.84. The minimum Gasteiger partial charge on any atom is -0.448 e. The second kappa shape index (κ2) is 12.5. The first-order valence-electron chi connectivity index (χ1n) is 16.3. The summed E-state index contributed by atoms with van der Waals surface area (Å²) in [6.07, 6.45) is 5.91. The number of imide groups is 1. The number of carbonyl (C=O) groups excluding carboxylic acids is 3. The van der Waals surface area contributed by atoms with Crippen LogP contribution in [0, 0.1) is 11.8 Å². The summed E-state index contributed by atoms with van der Waals surface area (Å²) in [4.78, 5) is 62.9. The third kappa shape index (κ3) is 5.70. The van der Waals surface area contributed by atoms with Gasteiger partial charge in [-0.05, 0) is 59.2 Å². The molecule has 250 valence electrons. The van der Waals surface area contributed by atoms with Gasteiger partial charge in [-0.15, -0.1) is 0 Å². The van der Waals surface area contributed by atoms with Gasteiger partial charge >= 0.3 is 5.69 Å². The molecular weight excluding hydrogens is 646 g/mol. The molecule has 12 heteroatoms. The number of benzene rings is 2. The van der Waals surface area contributed by atoms with Crippen molar-refractivity contribution in [2.45, 2.75) is 18.8 Å². The van der Waals surface area contributed by atoms with Crippen molar-refractivity contribution in [2.24, 2.45) is 14.1 Å². The molecule has 51 heavy (non-hydrogen) atoms. The average molecular weight is 676 g/mol. The minimum atomic E-state index is -0.439. The lowest BCUT2D eigenvalue weighted by Crippen LogP contribution is -2.39. The second-order valence-electron chi connectivity index (χ2n) is 12.4. The number of carbonyl (C=O) groups is 3. The molecule has 2 N–H and O–H groups in total. The third-order valence-electron chi connectivity index (χ3n) is 9.23. The van der Waals surface area contributed by atoms with Crippen LogP contribution >= 0.6 is 0 Å². The van der Waals surface area contributed by atoms with E-state index in [4.69, 9.17) is 9.40 Å². The molecule has 1 aliphatic heterocycles. The number of hydrogen-bond acceptors (Lipinski definition) is 8. The van der Waals surface area contributed by atoms with E-state index in [1.54, 1.807) is 55.3 Å². The summed E-state index contributed by atoms with van der Waals surface area (Å²) < 4.78 is 8.98. The van der Waals surface area contributed by atoms with E-state index in [0.717, 1.165) is 43.9 Å². The van der Waals surface area contributed by atoms with Crippen LogP contribution in [-0.2, 0) is 23.7 Å². The fourth-order valence-electron chi connectivity index (χ4n) is 6.56. The first-order chi connectivity index (χ1) is 24.7. The molecule has 7 aromatic rings. The maximum atomic E-state index is 12.8. The van der Waals surface area contributed by atoms with E-state index in [-0.39, 0.29) is 42.1 Å². The number of imidazole rings is 1. The summed E-state index contributed by atoms with van der Waals surface area (Å²) in [5, 5.41) is 7.83. The van der Waals surface area contributed by atoms with Crippen LogP contribution in [-0.4, -0.2) is 48.4 Å². The molecule has 5 aromatic heterocycles. The number of amides is 3. The molecular formula is C39H29N7O5.